The molecule has 1 aromatic heterocycles. The number of rotatable bonds is 4. The van der Waals surface area contributed by atoms with Gasteiger partial charge in [0.05, 0.1) is 11.2 Å². The lowest BCUT2D eigenvalue weighted by Crippen LogP contribution is -2.47. The molecule has 2 saturated heterocycles. The van der Waals surface area contributed by atoms with Crippen LogP contribution < -0.4 is 0 Å². The van der Waals surface area contributed by atoms with Crippen molar-refractivity contribution in [3.8, 4) is 0 Å². The highest BCUT2D eigenvalue weighted by Gasteiger charge is 2.37. The molecule has 7 heteroatoms. The largest absolute Gasteiger partial charge is 0.465 e. The molecule has 0 bridgehead atoms. The predicted octanol–water partition coefficient (Wildman–Crippen LogP) is 3.27. The fourth-order valence-electron chi connectivity index (χ4n) is 2.96. The standard InChI is InChI=1S/C18H20N2O4S/c1-13-6-2-3-10-19(13)16(21)12-20-17(22)15(25-18(20)23)9-4-7-14-8-5-11-24-14/h4-5,7-9,11,13H,2-3,6,10,12H2,1H3/b7-4+,15-9-/t13-/m1/s1. The number of allylic oxidation sites excluding steroid dienone is 2. The van der Waals surface area contributed by atoms with E-state index in [4.69, 9.17) is 4.42 Å². The molecule has 0 aliphatic carbocycles. The van der Waals surface area contributed by atoms with Gasteiger partial charge >= 0.3 is 0 Å². The maximum atomic E-state index is 12.5. The molecule has 3 heterocycles. The lowest BCUT2D eigenvalue weighted by molar-refractivity contribution is -0.138. The van der Waals surface area contributed by atoms with Crippen LogP contribution in [0.3, 0.4) is 0 Å². The summed E-state index contributed by atoms with van der Waals surface area (Å²) in [6.07, 6.45) is 9.53. The van der Waals surface area contributed by atoms with Crippen LogP contribution in [-0.2, 0) is 9.59 Å². The van der Waals surface area contributed by atoms with Crippen molar-refractivity contribution in [3.05, 3.63) is 41.2 Å². The van der Waals surface area contributed by atoms with Crippen molar-refractivity contribution in [2.45, 2.75) is 32.2 Å². The number of amides is 3. The second-order valence-corrected chi connectivity index (χ2v) is 7.09. The summed E-state index contributed by atoms with van der Waals surface area (Å²) in [4.78, 5) is 40.1. The Labute approximate surface area is 150 Å². The zero-order valence-electron chi connectivity index (χ0n) is 14.0. The van der Waals surface area contributed by atoms with Crippen molar-refractivity contribution < 1.29 is 18.8 Å². The van der Waals surface area contributed by atoms with E-state index < -0.39 is 11.1 Å². The fraction of sp³-hybridized carbons (Fsp3) is 0.389. The number of hydrogen-bond acceptors (Lipinski definition) is 5. The highest BCUT2D eigenvalue weighted by atomic mass is 32.2. The zero-order valence-corrected chi connectivity index (χ0v) is 14.8. The third-order valence-corrected chi connectivity index (χ3v) is 5.27. The van der Waals surface area contributed by atoms with Crippen LogP contribution in [0.2, 0.25) is 0 Å². The van der Waals surface area contributed by atoms with Gasteiger partial charge in [0.1, 0.15) is 12.3 Å². The first-order valence-electron chi connectivity index (χ1n) is 8.31. The number of nitrogens with zero attached hydrogens (tertiary/aromatic N) is 2. The molecule has 6 nitrogen and oxygen atoms in total. The number of furan rings is 1. The van der Waals surface area contributed by atoms with Crippen LogP contribution >= 0.6 is 11.8 Å². The quantitative estimate of drug-likeness (QED) is 0.771. The van der Waals surface area contributed by atoms with E-state index in [1.54, 1.807) is 41.5 Å². The maximum Gasteiger partial charge on any atom is 0.294 e. The van der Waals surface area contributed by atoms with Crippen LogP contribution in [0.15, 0.2) is 39.9 Å². The van der Waals surface area contributed by atoms with E-state index in [0.717, 1.165) is 35.9 Å². The second kappa shape index (κ2) is 7.74. The first-order chi connectivity index (χ1) is 12.1. The van der Waals surface area contributed by atoms with Gasteiger partial charge in [0.15, 0.2) is 0 Å². The average Bonchev–Trinajstić information content (AvgIpc) is 3.19. The van der Waals surface area contributed by atoms with Gasteiger partial charge < -0.3 is 9.32 Å². The molecule has 3 rings (SSSR count). The molecule has 0 radical (unpaired) electrons. The summed E-state index contributed by atoms with van der Waals surface area (Å²) in [6.45, 7) is 2.51. The molecule has 0 aromatic carbocycles. The zero-order chi connectivity index (χ0) is 17.8. The van der Waals surface area contributed by atoms with Crippen molar-refractivity contribution in [3.63, 3.8) is 0 Å². The van der Waals surface area contributed by atoms with Gasteiger partial charge in [0, 0.05) is 12.6 Å². The molecule has 2 aliphatic heterocycles. The number of hydrogen-bond donors (Lipinski definition) is 0. The number of likely N-dealkylation sites (tertiary alicyclic amines) is 1. The number of carbonyl (C=O) groups is 3. The van der Waals surface area contributed by atoms with Gasteiger partial charge in [0.2, 0.25) is 5.91 Å². The molecule has 2 fully saturated rings. The highest BCUT2D eigenvalue weighted by molar-refractivity contribution is 8.18. The summed E-state index contributed by atoms with van der Waals surface area (Å²) in [6, 6.07) is 3.71. The van der Waals surface area contributed by atoms with Crippen LogP contribution in [0.5, 0.6) is 0 Å². The van der Waals surface area contributed by atoms with E-state index in [1.165, 1.54) is 0 Å². The third-order valence-electron chi connectivity index (χ3n) is 4.34. The number of carbonyl (C=O) groups excluding carboxylic acids is 3. The number of thioether (sulfide) groups is 1. The van der Waals surface area contributed by atoms with Gasteiger partial charge in [-0.25, -0.2) is 0 Å². The Balaban J connectivity index is 1.63. The molecule has 0 saturated carbocycles. The summed E-state index contributed by atoms with van der Waals surface area (Å²) in [5, 5.41) is -0.402. The first kappa shape index (κ1) is 17.5. The van der Waals surface area contributed by atoms with Crippen molar-refractivity contribution in [1.82, 2.24) is 9.80 Å². The Morgan fingerprint density at radius 3 is 2.96 bits per heavy atom. The van der Waals surface area contributed by atoms with Gasteiger partial charge in [-0.15, -0.1) is 0 Å². The van der Waals surface area contributed by atoms with E-state index in [2.05, 4.69) is 0 Å². The molecule has 1 aromatic rings. The van der Waals surface area contributed by atoms with Crippen LogP contribution in [-0.4, -0.2) is 46.0 Å². The van der Waals surface area contributed by atoms with Crippen LogP contribution in [0.4, 0.5) is 4.79 Å². The molecule has 1 atom stereocenters. The topological polar surface area (TPSA) is 70.8 Å². The minimum absolute atomic E-state index is 0.160. The molecule has 2 aliphatic rings. The van der Waals surface area contributed by atoms with Crippen molar-refractivity contribution in [2.75, 3.05) is 13.1 Å². The molecule has 3 amide bonds. The van der Waals surface area contributed by atoms with E-state index in [0.29, 0.717) is 17.2 Å². The van der Waals surface area contributed by atoms with Gasteiger partial charge in [-0.2, -0.15) is 0 Å². The minimum atomic E-state index is -0.419. The SMILES string of the molecule is C[C@@H]1CCCCN1C(=O)CN1C(=O)S/C(=C\C=C\c2ccco2)C1=O. The van der Waals surface area contributed by atoms with Crippen molar-refractivity contribution >= 4 is 34.9 Å². The average molecular weight is 360 g/mol. The summed E-state index contributed by atoms with van der Waals surface area (Å²) in [5.41, 5.74) is 0. The Morgan fingerprint density at radius 1 is 1.40 bits per heavy atom. The lowest BCUT2D eigenvalue weighted by Gasteiger charge is -2.34. The molecule has 0 N–H and O–H groups in total. The van der Waals surface area contributed by atoms with Gasteiger partial charge in [-0.3, -0.25) is 19.3 Å². The van der Waals surface area contributed by atoms with E-state index in [-0.39, 0.29) is 18.5 Å². The molecular weight excluding hydrogens is 340 g/mol. The number of imide groups is 1. The van der Waals surface area contributed by atoms with E-state index in [9.17, 15) is 14.4 Å². The normalized spacial score (nSPS) is 23.2. The summed E-state index contributed by atoms with van der Waals surface area (Å²) in [5.74, 6) is 0.0729. The third kappa shape index (κ3) is 4.04. The Hall–Kier alpha value is -2.28. The lowest BCUT2D eigenvalue weighted by atomic mass is 10.0. The Kier molecular flexibility index (Phi) is 5.43. The monoisotopic (exact) mass is 360 g/mol. The molecule has 0 unspecified atom stereocenters. The van der Waals surface area contributed by atoms with Crippen LogP contribution in [0.25, 0.3) is 6.08 Å². The molecular formula is C18H20N2O4S. The Morgan fingerprint density at radius 2 is 2.24 bits per heavy atom. The van der Waals surface area contributed by atoms with Crippen LogP contribution in [0, 0.1) is 0 Å². The number of piperidine rings is 1. The van der Waals surface area contributed by atoms with Crippen molar-refractivity contribution in [2.24, 2.45) is 0 Å². The van der Waals surface area contributed by atoms with Gasteiger partial charge in [-0.1, -0.05) is 6.08 Å². The van der Waals surface area contributed by atoms with Crippen LogP contribution in [0.1, 0.15) is 31.9 Å². The Bertz CT molecular complexity index is 723. The summed E-state index contributed by atoms with van der Waals surface area (Å²) < 4.78 is 5.16. The first-order valence-corrected chi connectivity index (χ1v) is 9.13. The highest BCUT2D eigenvalue weighted by Crippen LogP contribution is 2.31. The molecule has 25 heavy (non-hydrogen) atoms. The second-order valence-electron chi connectivity index (χ2n) is 6.10. The summed E-state index contributed by atoms with van der Waals surface area (Å²) >= 11 is 0.854. The fourth-order valence-corrected chi connectivity index (χ4v) is 3.75. The smallest absolute Gasteiger partial charge is 0.294 e. The van der Waals surface area contributed by atoms with E-state index >= 15 is 0 Å². The van der Waals surface area contributed by atoms with Gasteiger partial charge in [0.25, 0.3) is 11.1 Å². The predicted molar refractivity (Wildman–Crippen MR) is 95.6 cm³/mol. The van der Waals surface area contributed by atoms with Gasteiger partial charge in [-0.05, 0) is 62.2 Å². The van der Waals surface area contributed by atoms with E-state index in [1.807, 2.05) is 6.92 Å². The minimum Gasteiger partial charge on any atom is -0.465 e. The molecule has 0 spiro atoms. The maximum absolute atomic E-state index is 12.5. The summed E-state index contributed by atoms with van der Waals surface area (Å²) in [7, 11) is 0. The van der Waals surface area contributed by atoms with Crippen molar-refractivity contribution in [1.29, 1.82) is 0 Å². The molecule has 132 valence electrons.